The van der Waals surface area contributed by atoms with E-state index in [9.17, 15) is 5.11 Å². The van der Waals surface area contributed by atoms with Crippen LogP contribution < -0.4 is 14.8 Å². The van der Waals surface area contributed by atoms with Gasteiger partial charge in [0.2, 0.25) is 11.8 Å². The van der Waals surface area contributed by atoms with Gasteiger partial charge in [-0.3, -0.25) is 14.8 Å². The summed E-state index contributed by atoms with van der Waals surface area (Å²) in [6, 6.07) is 20.6. The number of nitrogens with zero attached hydrogens (tertiary/aromatic N) is 5. The summed E-state index contributed by atoms with van der Waals surface area (Å²) >= 11 is 7.17. The Labute approximate surface area is 298 Å². The normalized spacial score (nSPS) is 20.8. The molecule has 2 aliphatic heterocycles. The summed E-state index contributed by atoms with van der Waals surface area (Å²) in [6.45, 7) is 7.74. The van der Waals surface area contributed by atoms with E-state index in [0.717, 1.165) is 90.2 Å². The number of benzene rings is 2. The number of fused-ring (bicyclic) bond motifs is 2. The van der Waals surface area contributed by atoms with E-state index in [1.165, 1.54) is 17.5 Å². The average molecular weight is 691 g/mol. The number of methoxy groups -OCH3 is 1. The summed E-state index contributed by atoms with van der Waals surface area (Å²) in [4.78, 5) is 18.9. The molecule has 2 N–H and O–H groups in total. The number of β-amino-alcohol motifs (C(OH)–C–C–N with tert-alkyl or cyclic N) is 1. The number of hydrogen-bond acceptors (Lipinski definition) is 9. The van der Waals surface area contributed by atoms with Crippen LogP contribution in [-0.4, -0.2) is 69.3 Å². The van der Waals surface area contributed by atoms with E-state index in [0.29, 0.717) is 35.7 Å². The predicted molar refractivity (Wildman–Crippen MR) is 197 cm³/mol. The highest BCUT2D eigenvalue weighted by molar-refractivity contribution is 6.36. The molecule has 3 aliphatic rings. The molecule has 2 aromatic carbocycles. The fourth-order valence-electron chi connectivity index (χ4n) is 7.82. The monoisotopic (exact) mass is 690 g/mol. The Hall–Kier alpha value is -4.28. The quantitative estimate of drug-likeness (QED) is 0.154. The van der Waals surface area contributed by atoms with Crippen molar-refractivity contribution in [3.05, 3.63) is 100 Å². The molecular weight excluding hydrogens is 648 g/mol. The van der Waals surface area contributed by atoms with Crippen molar-refractivity contribution >= 4 is 34.0 Å². The summed E-state index contributed by atoms with van der Waals surface area (Å²) in [5.41, 5.74) is 8.24. The topological polar surface area (TPSA) is 95.9 Å². The van der Waals surface area contributed by atoms with Gasteiger partial charge >= 0.3 is 0 Å². The second-order valence-corrected chi connectivity index (χ2v) is 14.4. The molecule has 3 aromatic heterocycles. The van der Waals surface area contributed by atoms with Gasteiger partial charge < -0.3 is 19.9 Å². The second-order valence-electron chi connectivity index (χ2n) is 14.0. The highest BCUT2D eigenvalue weighted by atomic mass is 35.5. The van der Waals surface area contributed by atoms with E-state index in [-0.39, 0.29) is 12.2 Å². The Morgan fingerprint density at radius 3 is 2.60 bits per heavy atom. The van der Waals surface area contributed by atoms with Gasteiger partial charge in [-0.15, -0.1) is 0 Å². The number of ether oxygens (including phenoxy) is 2. The molecule has 10 heteroatoms. The molecule has 8 rings (SSSR count). The van der Waals surface area contributed by atoms with Gasteiger partial charge in [0.25, 0.3) is 0 Å². The molecule has 2 saturated heterocycles. The van der Waals surface area contributed by atoms with Crippen LogP contribution in [0, 0.1) is 5.92 Å². The van der Waals surface area contributed by atoms with E-state index in [4.69, 9.17) is 31.0 Å². The predicted octanol–water partition coefficient (Wildman–Crippen LogP) is 7.57. The number of likely N-dealkylation sites (tertiary alicyclic amines) is 2. The SMILES string of the molecule is COc1nc(O[C@@H]2CCc3c(-c4cccc(Nc5nccc6cc(CN7CC[C@@H](C)C7)cnc56)c4Cl)cccc32)ccc1CN1CC[C@@H](O)C1. The summed E-state index contributed by atoms with van der Waals surface area (Å²) in [5.74, 6) is 2.53. The van der Waals surface area contributed by atoms with E-state index in [2.05, 4.69) is 57.4 Å². The number of aliphatic hydroxyl groups is 1. The molecule has 2 fully saturated rings. The number of nitrogens with one attached hydrogen (secondary N) is 1. The van der Waals surface area contributed by atoms with Gasteiger partial charge in [0, 0.05) is 67.7 Å². The molecule has 0 unspecified atom stereocenters. The van der Waals surface area contributed by atoms with E-state index in [1.807, 2.05) is 42.7 Å². The molecule has 50 heavy (non-hydrogen) atoms. The third-order valence-electron chi connectivity index (χ3n) is 10.3. The molecular formula is C40H43ClN6O3. The zero-order valence-electron chi connectivity index (χ0n) is 28.6. The van der Waals surface area contributed by atoms with Crippen LogP contribution in [0.15, 0.2) is 73.1 Å². The van der Waals surface area contributed by atoms with Crippen LogP contribution >= 0.6 is 11.6 Å². The number of rotatable bonds is 10. The maximum Gasteiger partial charge on any atom is 0.220 e. The first-order valence-corrected chi connectivity index (χ1v) is 18.0. The molecule has 0 saturated carbocycles. The zero-order valence-corrected chi connectivity index (χ0v) is 29.4. The molecule has 1 aliphatic carbocycles. The number of aromatic nitrogens is 3. The van der Waals surface area contributed by atoms with Crippen molar-refractivity contribution < 1.29 is 14.6 Å². The van der Waals surface area contributed by atoms with E-state index >= 15 is 0 Å². The number of anilines is 2. The minimum atomic E-state index is -0.265. The second kappa shape index (κ2) is 14.2. The van der Waals surface area contributed by atoms with Gasteiger partial charge in [-0.1, -0.05) is 48.9 Å². The van der Waals surface area contributed by atoms with Crippen LogP contribution in [-0.2, 0) is 19.5 Å². The fraction of sp³-hybridized carbons (Fsp3) is 0.375. The van der Waals surface area contributed by atoms with Crippen molar-refractivity contribution in [1.82, 2.24) is 24.8 Å². The molecule has 0 bridgehead atoms. The van der Waals surface area contributed by atoms with Crippen molar-refractivity contribution in [3.63, 3.8) is 0 Å². The number of hydrogen-bond donors (Lipinski definition) is 2. The lowest BCUT2D eigenvalue weighted by Crippen LogP contribution is -2.22. The Morgan fingerprint density at radius 2 is 1.78 bits per heavy atom. The van der Waals surface area contributed by atoms with E-state index in [1.54, 1.807) is 7.11 Å². The average Bonchev–Trinajstić information content (AvgIpc) is 3.86. The lowest BCUT2D eigenvalue weighted by atomic mass is 9.96. The van der Waals surface area contributed by atoms with Crippen LogP contribution in [0.5, 0.6) is 11.8 Å². The van der Waals surface area contributed by atoms with Crippen LogP contribution in [0.4, 0.5) is 11.5 Å². The summed E-state index contributed by atoms with van der Waals surface area (Å²) in [7, 11) is 1.64. The van der Waals surface area contributed by atoms with Crippen molar-refractivity contribution in [2.24, 2.45) is 5.92 Å². The molecule has 258 valence electrons. The van der Waals surface area contributed by atoms with Gasteiger partial charge in [0.15, 0.2) is 5.82 Å². The maximum atomic E-state index is 9.93. The first kappa shape index (κ1) is 32.9. The van der Waals surface area contributed by atoms with Crippen LogP contribution in [0.1, 0.15) is 54.5 Å². The van der Waals surface area contributed by atoms with Crippen molar-refractivity contribution in [2.45, 2.75) is 57.9 Å². The minimum Gasteiger partial charge on any atom is -0.481 e. The van der Waals surface area contributed by atoms with Gasteiger partial charge in [-0.05, 0) is 84.7 Å². The lowest BCUT2D eigenvalue weighted by Gasteiger charge is -2.19. The van der Waals surface area contributed by atoms with Gasteiger partial charge in [-0.25, -0.2) is 4.98 Å². The number of aliphatic hydroxyl groups excluding tert-OH is 1. The van der Waals surface area contributed by atoms with Gasteiger partial charge in [-0.2, -0.15) is 4.98 Å². The zero-order chi connectivity index (χ0) is 34.2. The molecule has 9 nitrogen and oxygen atoms in total. The third-order valence-corrected chi connectivity index (χ3v) is 10.7. The highest BCUT2D eigenvalue weighted by Gasteiger charge is 2.29. The standard InChI is InChI=1S/C40H43ClN6O3/c1-25-14-17-46(21-25)22-26-19-27-13-16-42-39(38(27)43-20-26)44-34-8-4-7-33(37(34)41)30-5-3-6-32-31(30)10-11-35(32)50-36-12-9-28(40(45-36)49-2)23-47-18-15-29(48)24-47/h3-9,12-13,16,19-20,25,29,35,48H,10-11,14-15,17-18,21-24H2,1-2H3,(H,42,44)/t25-,29-,35-/m1/s1. The Bertz CT molecular complexity index is 2020. The van der Waals surface area contributed by atoms with Crippen molar-refractivity contribution in [3.8, 4) is 22.9 Å². The minimum absolute atomic E-state index is 0.133. The molecule has 5 heterocycles. The van der Waals surface area contributed by atoms with Crippen molar-refractivity contribution in [2.75, 3.05) is 38.6 Å². The largest absolute Gasteiger partial charge is 0.481 e. The van der Waals surface area contributed by atoms with Gasteiger partial charge in [0.1, 0.15) is 11.6 Å². The third kappa shape index (κ3) is 6.75. The Kier molecular flexibility index (Phi) is 9.31. The summed E-state index contributed by atoms with van der Waals surface area (Å²) < 4.78 is 12.1. The molecule has 3 atom stereocenters. The Morgan fingerprint density at radius 1 is 0.940 bits per heavy atom. The number of pyridine rings is 3. The van der Waals surface area contributed by atoms with Crippen molar-refractivity contribution in [1.29, 1.82) is 0 Å². The molecule has 0 radical (unpaired) electrons. The maximum absolute atomic E-state index is 9.93. The first-order chi connectivity index (χ1) is 24.4. The molecule has 5 aromatic rings. The van der Waals surface area contributed by atoms with Crippen LogP contribution in [0.3, 0.4) is 0 Å². The fourth-order valence-corrected chi connectivity index (χ4v) is 8.10. The summed E-state index contributed by atoms with van der Waals surface area (Å²) in [5, 5.41) is 15.1. The molecule has 0 amide bonds. The highest BCUT2D eigenvalue weighted by Crippen LogP contribution is 2.44. The lowest BCUT2D eigenvalue weighted by molar-refractivity contribution is 0.174. The first-order valence-electron chi connectivity index (χ1n) is 17.7. The smallest absolute Gasteiger partial charge is 0.220 e. The molecule has 0 spiro atoms. The number of halogens is 1. The van der Waals surface area contributed by atoms with Crippen LogP contribution in [0.25, 0.3) is 22.0 Å². The van der Waals surface area contributed by atoms with Crippen LogP contribution in [0.2, 0.25) is 5.02 Å². The Balaban J connectivity index is 1.01. The van der Waals surface area contributed by atoms with Gasteiger partial charge in [0.05, 0.1) is 23.9 Å². The summed E-state index contributed by atoms with van der Waals surface area (Å²) in [6.07, 6.45) is 7.16. The van der Waals surface area contributed by atoms with E-state index < -0.39 is 0 Å².